The van der Waals surface area contributed by atoms with Crippen LogP contribution in [-0.4, -0.2) is 45.2 Å². The average molecular weight is 539 g/mol. The van der Waals surface area contributed by atoms with Crippen LogP contribution in [0.5, 0.6) is 11.5 Å². The Hall–Kier alpha value is -4.78. The van der Waals surface area contributed by atoms with Gasteiger partial charge in [0, 0.05) is 41.5 Å². The van der Waals surface area contributed by atoms with Crippen molar-refractivity contribution < 1.29 is 23.8 Å². The largest absolute Gasteiger partial charge is 0.497 e. The standard InChI is InChI=1S/C33H34N2O5/c1-38-28-13-8-12-26(23-28)34-20-9-21-40-27-18-16-24(17-19-27)22-31(33(37)39-2)35-30-15-7-6-14-29(30)32(36)25-10-4-3-5-11-25/h3-8,10-19,23,31,34-35H,9,20-22H2,1-2H3/t31-/m0/s1. The Morgan fingerprint density at radius 2 is 1.55 bits per heavy atom. The van der Waals surface area contributed by atoms with Crippen molar-refractivity contribution in [2.75, 3.05) is 38.0 Å². The summed E-state index contributed by atoms with van der Waals surface area (Å²) in [5, 5.41) is 6.60. The van der Waals surface area contributed by atoms with Crippen LogP contribution < -0.4 is 20.1 Å². The van der Waals surface area contributed by atoms with Crippen molar-refractivity contribution in [1.82, 2.24) is 0 Å². The number of esters is 1. The molecule has 1 atom stereocenters. The number of para-hydroxylation sites is 1. The Kier molecular flexibility index (Phi) is 10.2. The lowest BCUT2D eigenvalue weighted by molar-refractivity contribution is -0.141. The number of methoxy groups -OCH3 is 2. The minimum absolute atomic E-state index is 0.118. The normalized spacial score (nSPS) is 11.2. The number of nitrogens with one attached hydrogen (secondary N) is 2. The average Bonchev–Trinajstić information content (AvgIpc) is 3.01. The van der Waals surface area contributed by atoms with Gasteiger partial charge in [-0.15, -0.1) is 0 Å². The molecule has 7 heteroatoms. The molecule has 0 aliphatic carbocycles. The van der Waals surface area contributed by atoms with Gasteiger partial charge in [0.25, 0.3) is 0 Å². The number of hydrogen-bond donors (Lipinski definition) is 2. The van der Waals surface area contributed by atoms with Crippen LogP contribution in [0, 0.1) is 0 Å². The first kappa shape index (κ1) is 28.2. The van der Waals surface area contributed by atoms with E-state index in [-0.39, 0.29) is 5.78 Å². The van der Waals surface area contributed by atoms with Gasteiger partial charge in [0.05, 0.1) is 20.8 Å². The zero-order chi connectivity index (χ0) is 28.2. The quantitative estimate of drug-likeness (QED) is 0.116. The molecule has 0 radical (unpaired) electrons. The Labute approximate surface area is 235 Å². The van der Waals surface area contributed by atoms with E-state index >= 15 is 0 Å². The minimum atomic E-state index is -0.677. The summed E-state index contributed by atoms with van der Waals surface area (Å²) in [6.45, 7) is 1.33. The Balaban J connectivity index is 1.33. The highest BCUT2D eigenvalue weighted by Gasteiger charge is 2.22. The maximum absolute atomic E-state index is 13.1. The van der Waals surface area contributed by atoms with Gasteiger partial charge in [-0.1, -0.05) is 60.7 Å². The van der Waals surface area contributed by atoms with E-state index in [0.717, 1.165) is 35.7 Å². The summed E-state index contributed by atoms with van der Waals surface area (Å²) < 4.78 is 16.2. The molecule has 0 aromatic heterocycles. The highest BCUT2D eigenvalue weighted by molar-refractivity contribution is 6.12. The lowest BCUT2D eigenvalue weighted by atomic mass is 10.00. The molecule has 4 aromatic carbocycles. The van der Waals surface area contributed by atoms with Gasteiger partial charge in [0.1, 0.15) is 17.5 Å². The van der Waals surface area contributed by atoms with Gasteiger partial charge in [-0.05, 0) is 48.4 Å². The van der Waals surface area contributed by atoms with E-state index in [1.54, 1.807) is 31.4 Å². The third-order valence-electron chi connectivity index (χ3n) is 6.37. The molecule has 0 aliphatic rings. The molecule has 4 aromatic rings. The molecule has 40 heavy (non-hydrogen) atoms. The van der Waals surface area contributed by atoms with Crippen LogP contribution in [0.1, 0.15) is 27.9 Å². The molecular formula is C33H34N2O5. The summed E-state index contributed by atoms with van der Waals surface area (Å²) in [5.74, 6) is 1.04. The van der Waals surface area contributed by atoms with E-state index in [4.69, 9.17) is 14.2 Å². The number of ketones is 1. The first-order valence-corrected chi connectivity index (χ1v) is 13.2. The number of carbonyl (C=O) groups excluding carboxylic acids is 2. The maximum atomic E-state index is 13.1. The predicted molar refractivity (Wildman–Crippen MR) is 157 cm³/mol. The number of rotatable bonds is 14. The lowest BCUT2D eigenvalue weighted by Crippen LogP contribution is -2.33. The van der Waals surface area contributed by atoms with Gasteiger partial charge in [0.2, 0.25) is 0 Å². The van der Waals surface area contributed by atoms with Crippen LogP contribution >= 0.6 is 0 Å². The smallest absolute Gasteiger partial charge is 0.328 e. The Morgan fingerprint density at radius 3 is 2.30 bits per heavy atom. The van der Waals surface area contributed by atoms with Crippen molar-refractivity contribution in [2.24, 2.45) is 0 Å². The van der Waals surface area contributed by atoms with E-state index < -0.39 is 12.0 Å². The third-order valence-corrected chi connectivity index (χ3v) is 6.37. The minimum Gasteiger partial charge on any atom is -0.497 e. The van der Waals surface area contributed by atoms with Crippen LogP contribution in [-0.2, 0) is 16.0 Å². The molecule has 0 aliphatic heterocycles. The second-order valence-corrected chi connectivity index (χ2v) is 9.17. The summed E-state index contributed by atoms with van der Waals surface area (Å²) in [5.41, 5.74) is 3.59. The van der Waals surface area contributed by atoms with Gasteiger partial charge in [0.15, 0.2) is 5.78 Å². The molecule has 0 fully saturated rings. The molecule has 2 N–H and O–H groups in total. The van der Waals surface area contributed by atoms with Crippen LogP contribution in [0.4, 0.5) is 11.4 Å². The monoisotopic (exact) mass is 538 g/mol. The van der Waals surface area contributed by atoms with Gasteiger partial charge in [-0.3, -0.25) is 4.79 Å². The van der Waals surface area contributed by atoms with Crippen molar-refractivity contribution in [3.05, 3.63) is 120 Å². The first-order chi connectivity index (χ1) is 19.6. The highest BCUT2D eigenvalue weighted by Crippen LogP contribution is 2.22. The third kappa shape index (κ3) is 7.86. The number of carbonyl (C=O) groups is 2. The zero-order valence-corrected chi connectivity index (χ0v) is 22.8. The molecule has 0 bridgehead atoms. The van der Waals surface area contributed by atoms with Crippen molar-refractivity contribution in [3.63, 3.8) is 0 Å². The van der Waals surface area contributed by atoms with E-state index in [0.29, 0.717) is 29.8 Å². The fraction of sp³-hybridized carbons (Fsp3) is 0.212. The number of ether oxygens (including phenoxy) is 3. The van der Waals surface area contributed by atoms with Crippen LogP contribution in [0.25, 0.3) is 0 Å². The predicted octanol–water partition coefficient (Wildman–Crippen LogP) is 6.00. The van der Waals surface area contributed by atoms with Crippen molar-refractivity contribution in [3.8, 4) is 11.5 Å². The summed E-state index contributed by atoms with van der Waals surface area (Å²) in [6, 6.07) is 31.0. The van der Waals surface area contributed by atoms with Crippen LogP contribution in [0.2, 0.25) is 0 Å². The van der Waals surface area contributed by atoms with Gasteiger partial charge in [-0.2, -0.15) is 0 Å². The fourth-order valence-corrected chi connectivity index (χ4v) is 4.26. The van der Waals surface area contributed by atoms with E-state index in [9.17, 15) is 9.59 Å². The van der Waals surface area contributed by atoms with E-state index in [1.165, 1.54) is 7.11 Å². The second-order valence-electron chi connectivity index (χ2n) is 9.17. The Bertz CT molecular complexity index is 1390. The lowest BCUT2D eigenvalue weighted by Gasteiger charge is -2.20. The van der Waals surface area contributed by atoms with E-state index in [2.05, 4.69) is 10.6 Å². The molecule has 0 unspecified atom stereocenters. The summed E-state index contributed by atoms with van der Waals surface area (Å²) in [7, 11) is 3.01. The number of benzene rings is 4. The van der Waals surface area contributed by atoms with Gasteiger partial charge < -0.3 is 24.8 Å². The summed E-state index contributed by atoms with van der Waals surface area (Å²) in [4.78, 5) is 25.8. The highest BCUT2D eigenvalue weighted by atomic mass is 16.5. The SMILES string of the molecule is COC(=O)[C@H](Cc1ccc(OCCCNc2cccc(OC)c2)cc1)Nc1ccccc1C(=O)c1ccccc1. The summed E-state index contributed by atoms with van der Waals surface area (Å²) >= 11 is 0. The molecule has 7 nitrogen and oxygen atoms in total. The van der Waals surface area contributed by atoms with Crippen LogP contribution in [0.3, 0.4) is 0 Å². The Morgan fingerprint density at radius 1 is 0.800 bits per heavy atom. The molecule has 0 saturated heterocycles. The molecule has 0 spiro atoms. The van der Waals surface area contributed by atoms with Gasteiger partial charge >= 0.3 is 5.97 Å². The van der Waals surface area contributed by atoms with Gasteiger partial charge in [-0.25, -0.2) is 4.79 Å². The molecular weight excluding hydrogens is 504 g/mol. The fourth-order valence-electron chi connectivity index (χ4n) is 4.26. The molecule has 206 valence electrons. The molecule has 4 rings (SSSR count). The van der Waals surface area contributed by atoms with Crippen molar-refractivity contribution >= 4 is 23.1 Å². The van der Waals surface area contributed by atoms with Crippen molar-refractivity contribution in [2.45, 2.75) is 18.9 Å². The second kappa shape index (κ2) is 14.4. The number of anilines is 2. The maximum Gasteiger partial charge on any atom is 0.328 e. The van der Waals surface area contributed by atoms with E-state index in [1.807, 2.05) is 78.9 Å². The number of hydrogen-bond acceptors (Lipinski definition) is 7. The first-order valence-electron chi connectivity index (χ1n) is 13.2. The molecule has 0 heterocycles. The molecule has 0 amide bonds. The topological polar surface area (TPSA) is 85.9 Å². The van der Waals surface area contributed by atoms with Crippen molar-refractivity contribution in [1.29, 1.82) is 0 Å². The summed E-state index contributed by atoms with van der Waals surface area (Å²) in [6.07, 6.45) is 1.21. The van der Waals surface area contributed by atoms with Crippen LogP contribution in [0.15, 0.2) is 103 Å². The molecule has 0 saturated carbocycles. The zero-order valence-electron chi connectivity index (χ0n) is 22.8.